The quantitative estimate of drug-likeness (QED) is 0.849. The first kappa shape index (κ1) is 12.8. The molecule has 1 fully saturated rings. The van der Waals surface area contributed by atoms with Crippen LogP contribution in [0.15, 0.2) is 29.3 Å². The van der Waals surface area contributed by atoms with Crippen molar-refractivity contribution in [3.63, 3.8) is 0 Å². The molecule has 2 aliphatic rings. The highest BCUT2D eigenvalue weighted by Gasteiger charge is 2.39. The SMILES string of the molecule is NC1C=Nc2ccccc2C1(N)CC1CCOCC1. The average molecular weight is 259 g/mol. The number of nitrogens with two attached hydrogens (primary N) is 2. The number of hydrogen-bond donors (Lipinski definition) is 2. The van der Waals surface area contributed by atoms with E-state index in [0.29, 0.717) is 5.92 Å². The zero-order chi connectivity index (χ0) is 13.3. The monoisotopic (exact) mass is 259 g/mol. The Morgan fingerprint density at radius 1 is 1.26 bits per heavy atom. The molecule has 2 aliphatic heterocycles. The van der Waals surface area contributed by atoms with Gasteiger partial charge in [0.2, 0.25) is 0 Å². The molecule has 0 radical (unpaired) electrons. The normalized spacial score (nSPS) is 31.2. The van der Waals surface area contributed by atoms with Crippen molar-refractivity contribution in [3.05, 3.63) is 29.8 Å². The fourth-order valence-electron chi connectivity index (χ4n) is 3.13. The van der Waals surface area contributed by atoms with Crippen LogP contribution in [0.3, 0.4) is 0 Å². The van der Waals surface area contributed by atoms with Gasteiger partial charge in [-0.15, -0.1) is 0 Å². The molecular formula is C15H21N3O. The van der Waals surface area contributed by atoms with Gasteiger partial charge in [-0.05, 0) is 36.8 Å². The van der Waals surface area contributed by atoms with E-state index in [4.69, 9.17) is 16.2 Å². The van der Waals surface area contributed by atoms with Gasteiger partial charge in [0.1, 0.15) is 0 Å². The minimum absolute atomic E-state index is 0.217. The minimum atomic E-state index is -0.500. The van der Waals surface area contributed by atoms with Crippen molar-refractivity contribution in [3.8, 4) is 0 Å². The Kier molecular flexibility index (Phi) is 3.39. The Morgan fingerprint density at radius 2 is 2.00 bits per heavy atom. The highest BCUT2D eigenvalue weighted by Crippen LogP contribution is 2.39. The zero-order valence-corrected chi connectivity index (χ0v) is 11.1. The molecule has 0 aliphatic carbocycles. The Balaban J connectivity index is 1.90. The van der Waals surface area contributed by atoms with Crippen LogP contribution in [0.4, 0.5) is 5.69 Å². The van der Waals surface area contributed by atoms with Crippen LogP contribution in [0.25, 0.3) is 0 Å². The van der Waals surface area contributed by atoms with E-state index in [1.807, 2.05) is 18.2 Å². The maximum atomic E-state index is 6.69. The van der Waals surface area contributed by atoms with Gasteiger partial charge in [0.25, 0.3) is 0 Å². The van der Waals surface area contributed by atoms with E-state index < -0.39 is 5.54 Å². The van der Waals surface area contributed by atoms with Gasteiger partial charge in [0.15, 0.2) is 0 Å². The second kappa shape index (κ2) is 5.04. The van der Waals surface area contributed by atoms with Gasteiger partial charge in [-0.2, -0.15) is 0 Å². The van der Waals surface area contributed by atoms with Crippen LogP contribution in [0.2, 0.25) is 0 Å². The Morgan fingerprint density at radius 3 is 2.79 bits per heavy atom. The Labute approximate surface area is 113 Å². The van der Waals surface area contributed by atoms with Crippen molar-refractivity contribution in [1.82, 2.24) is 0 Å². The number of aliphatic imine (C=N–C) groups is 1. The summed E-state index contributed by atoms with van der Waals surface area (Å²) in [6.45, 7) is 1.68. The van der Waals surface area contributed by atoms with Crippen molar-refractivity contribution in [2.75, 3.05) is 13.2 Å². The molecule has 1 saturated heterocycles. The molecule has 1 aromatic rings. The molecule has 4 heteroatoms. The molecule has 0 bridgehead atoms. The number of para-hydroxylation sites is 1. The van der Waals surface area contributed by atoms with E-state index in [-0.39, 0.29) is 6.04 Å². The lowest BCUT2D eigenvalue weighted by Gasteiger charge is -2.40. The summed E-state index contributed by atoms with van der Waals surface area (Å²) >= 11 is 0. The third-order valence-corrected chi connectivity index (χ3v) is 4.34. The lowest BCUT2D eigenvalue weighted by molar-refractivity contribution is 0.0552. The molecule has 0 saturated carbocycles. The van der Waals surface area contributed by atoms with Crippen molar-refractivity contribution in [1.29, 1.82) is 0 Å². The van der Waals surface area contributed by atoms with Crippen LogP contribution in [0.1, 0.15) is 24.8 Å². The summed E-state index contributed by atoms with van der Waals surface area (Å²) < 4.78 is 5.42. The summed E-state index contributed by atoms with van der Waals surface area (Å²) in [5, 5.41) is 0. The molecule has 3 rings (SSSR count). The second-order valence-electron chi connectivity index (χ2n) is 5.62. The lowest BCUT2D eigenvalue weighted by Crippen LogP contribution is -2.55. The van der Waals surface area contributed by atoms with Crippen LogP contribution in [-0.2, 0) is 10.3 Å². The smallest absolute Gasteiger partial charge is 0.0677 e. The van der Waals surface area contributed by atoms with Crippen LogP contribution in [0, 0.1) is 5.92 Å². The third-order valence-electron chi connectivity index (χ3n) is 4.34. The number of fused-ring (bicyclic) bond motifs is 1. The topological polar surface area (TPSA) is 73.6 Å². The number of rotatable bonds is 2. The lowest BCUT2D eigenvalue weighted by atomic mass is 9.74. The first-order valence-electron chi connectivity index (χ1n) is 6.96. The fourth-order valence-corrected chi connectivity index (χ4v) is 3.13. The number of hydrogen-bond acceptors (Lipinski definition) is 4. The molecule has 2 atom stereocenters. The highest BCUT2D eigenvalue weighted by atomic mass is 16.5. The number of ether oxygens (including phenoxy) is 1. The molecule has 0 aromatic heterocycles. The molecule has 0 amide bonds. The average Bonchev–Trinajstić information content (AvgIpc) is 2.45. The van der Waals surface area contributed by atoms with E-state index in [1.165, 1.54) is 0 Å². The predicted molar refractivity (Wildman–Crippen MR) is 76.6 cm³/mol. The van der Waals surface area contributed by atoms with Crippen LogP contribution in [-0.4, -0.2) is 25.5 Å². The van der Waals surface area contributed by atoms with Crippen LogP contribution >= 0.6 is 0 Å². The van der Waals surface area contributed by atoms with Crippen molar-refractivity contribution < 1.29 is 4.74 Å². The summed E-state index contributed by atoms with van der Waals surface area (Å²) in [7, 11) is 0. The first-order chi connectivity index (χ1) is 9.20. The van der Waals surface area contributed by atoms with Gasteiger partial charge >= 0.3 is 0 Å². The van der Waals surface area contributed by atoms with E-state index in [9.17, 15) is 0 Å². The maximum Gasteiger partial charge on any atom is 0.0677 e. The second-order valence-corrected chi connectivity index (χ2v) is 5.62. The van der Waals surface area contributed by atoms with Crippen molar-refractivity contribution >= 4 is 11.9 Å². The van der Waals surface area contributed by atoms with Gasteiger partial charge in [0, 0.05) is 19.4 Å². The van der Waals surface area contributed by atoms with E-state index in [2.05, 4.69) is 11.1 Å². The van der Waals surface area contributed by atoms with Gasteiger partial charge in [0.05, 0.1) is 17.3 Å². The maximum absolute atomic E-state index is 6.69. The Bertz CT molecular complexity index is 482. The van der Waals surface area contributed by atoms with Gasteiger partial charge in [-0.1, -0.05) is 18.2 Å². The molecule has 4 N–H and O–H groups in total. The number of benzene rings is 1. The third kappa shape index (κ3) is 2.31. The number of nitrogens with zero attached hydrogens (tertiary/aromatic N) is 1. The van der Waals surface area contributed by atoms with Crippen molar-refractivity contribution in [2.24, 2.45) is 22.4 Å². The van der Waals surface area contributed by atoms with Crippen LogP contribution < -0.4 is 11.5 Å². The molecule has 102 valence electrons. The summed E-state index contributed by atoms with van der Waals surface area (Å²) in [6, 6.07) is 7.85. The standard InChI is InChI=1S/C15H21N3O/c16-14-10-18-13-4-2-1-3-12(13)15(14,17)9-11-5-7-19-8-6-11/h1-4,10-11,14H,5-9,16-17H2. The highest BCUT2D eigenvalue weighted by molar-refractivity contribution is 5.76. The predicted octanol–water partition coefficient (Wildman–Crippen LogP) is 1.70. The van der Waals surface area contributed by atoms with E-state index in [1.54, 1.807) is 6.21 Å². The molecular weight excluding hydrogens is 238 g/mol. The Hall–Kier alpha value is -1.23. The summed E-state index contributed by atoms with van der Waals surface area (Å²) in [5.41, 5.74) is 14.5. The summed E-state index contributed by atoms with van der Waals surface area (Å²) in [4.78, 5) is 4.41. The van der Waals surface area contributed by atoms with Crippen LogP contribution in [0.5, 0.6) is 0 Å². The van der Waals surface area contributed by atoms with Crippen molar-refractivity contribution in [2.45, 2.75) is 30.8 Å². The summed E-state index contributed by atoms with van der Waals surface area (Å²) in [6.07, 6.45) is 4.85. The van der Waals surface area contributed by atoms with Gasteiger partial charge < -0.3 is 16.2 Å². The molecule has 2 unspecified atom stereocenters. The largest absolute Gasteiger partial charge is 0.381 e. The van der Waals surface area contributed by atoms with Gasteiger partial charge in [-0.3, -0.25) is 4.99 Å². The minimum Gasteiger partial charge on any atom is -0.381 e. The molecule has 19 heavy (non-hydrogen) atoms. The molecule has 4 nitrogen and oxygen atoms in total. The molecule has 1 aromatic carbocycles. The zero-order valence-electron chi connectivity index (χ0n) is 11.1. The summed E-state index contributed by atoms with van der Waals surface area (Å²) in [5.74, 6) is 0.587. The van der Waals surface area contributed by atoms with E-state index in [0.717, 1.165) is 43.7 Å². The van der Waals surface area contributed by atoms with Gasteiger partial charge in [-0.25, -0.2) is 0 Å². The first-order valence-corrected chi connectivity index (χ1v) is 6.96. The molecule has 2 heterocycles. The van der Waals surface area contributed by atoms with E-state index >= 15 is 0 Å². The fraction of sp³-hybridized carbons (Fsp3) is 0.533. The molecule has 0 spiro atoms.